The number of nitrogens with zero attached hydrogens (tertiary/aromatic N) is 2. The number of hydrogen-bond acceptors (Lipinski definition) is 7. The van der Waals surface area contributed by atoms with Crippen LogP contribution in [0.15, 0.2) is 64.6 Å². The standard InChI is InChI=1S/C24H17N2OS2.C15H28O2.Ir/c1-24(2,3)17-10-15(8-14-5-7-28-22(14)17)21-20-16-9-13-4-6-27-18(13)11-19(16)29-23(20)26-12-25-21;1-7-14(5,8-2)12(16)11-13(17)15(6,9-3)10-4;/h4-7,9-12H,1-3H3;11,16H,7-10H2,1-6H3;/q-1;;/b;12-11-;. The molecule has 0 amide bonds. The molecule has 0 saturated heterocycles. The average Bonchev–Trinajstić information content (AvgIpc) is 3.80. The molecule has 1 N–H and O–H groups in total. The average molecular weight is 846 g/mol. The summed E-state index contributed by atoms with van der Waals surface area (Å²) in [6.45, 7) is 18.9. The van der Waals surface area contributed by atoms with Gasteiger partial charge in [0, 0.05) is 58.2 Å². The number of furan rings is 1. The Balaban J connectivity index is 0.000000242. The Hall–Kier alpha value is -2.90. The molecule has 2 aromatic carbocycles. The van der Waals surface area contributed by atoms with Gasteiger partial charge in [0.2, 0.25) is 0 Å². The summed E-state index contributed by atoms with van der Waals surface area (Å²) < 4.78 is 8.07. The Morgan fingerprint density at radius 3 is 2.28 bits per heavy atom. The largest absolute Gasteiger partial charge is 0.512 e. The number of allylic oxidation sites excluding steroid dienone is 2. The Morgan fingerprint density at radius 2 is 1.64 bits per heavy atom. The number of ketones is 1. The van der Waals surface area contributed by atoms with Gasteiger partial charge in [-0.2, -0.15) is 11.3 Å². The van der Waals surface area contributed by atoms with Crippen molar-refractivity contribution in [1.82, 2.24) is 9.97 Å². The Kier molecular flexibility index (Phi) is 11.2. The molecule has 0 aliphatic rings. The minimum Gasteiger partial charge on any atom is -0.512 e. The van der Waals surface area contributed by atoms with Gasteiger partial charge in [-0.05, 0) is 64.8 Å². The number of carbonyl (C=O) groups is 1. The van der Waals surface area contributed by atoms with E-state index < -0.39 is 0 Å². The molecule has 251 valence electrons. The molecule has 0 aliphatic carbocycles. The van der Waals surface area contributed by atoms with Crippen molar-refractivity contribution in [3.63, 3.8) is 0 Å². The van der Waals surface area contributed by atoms with E-state index in [4.69, 9.17) is 9.40 Å². The van der Waals surface area contributed by atoms with Gasteiger partial charge < -0.3 is 9.52 Å². The monoisotopic (exact) mass is 846 g/mol. The first-order chi connectivity index (χ1) is 21.8. The molecule has 8 heteroatoms. The van der Waals surface area contributed by atoms with Crippen LogP contribution in [0.25, 0.3) is 52.6 Å². The summed E-state index contributed by atoms with van der Waals surface area (Å²) in [6.07, 6.45) is 8.16. The molecular formula is C39H45IrN2O3S2-. The second kappa shape index (κ2) is 14.3. The zero-order valence-corrected chi connectivity index (χ0v) is 32.9. The van der Waals surface area contributed by atoms with Gasteiger partial charge in [-0.3, -0.25) is 9.78 Å². The maximum atomic E-state index is 12.2. The number of rotatable bonds is 8. The fourth-order valence-electron chi connectivity index (χ4n) is 5.64. The summed E-state index contributed by atoms with van der Waals surface area (Å²) in [5.41, 5.74) is 3.65. The normalized spacial score (nSPS) is 12.8. The topological polar surface area (TPSA) is 76.2 Å². The smallest absolute Gasteiger partial charge is 0.164 e. The second-order valence-corrected chi connectivity index (χ2v) is 15.7. The number of benzene rings is 2. The second-order valence-electron chi connectivity index (χ2n) is 13.8. The van der Waals surface area contributed by atoms with Crippen LogP contribution in [0, 0.1) is 16.9 Å². The number of fused-ring (bicyclic) bond motifs is 5. The molecule has 0 aliphatic heterocycles. The van der Waals surface area contributed by atoms with Crippen molar-refractivity contribution in [2.24, 2.45) is 10.8 Å². The van der Waals surface area contributed by atoms with Crippen LogP contribution in [0.3, 0.4) is 0 Å². The van der Waals surface area contributed by atoms with Crippen LogP contribution in [-0.4, -0.2) is 20.9 Å². The van der Waals surface area contributed by atoms with Crippen molar-refractivity contribution < 1.29 is 34.4 Å². The van der Waals surface area contributed by atoms with Gasteiger partial charge >= 0.3 is 0 Å². The summed E-state index contributed by atoms with van der Waals surface area (Å²) >= 11 is 3.46. The number of aliphatic hydroxyl groups is 1. The minimum absolute atomic E-state index is 0. The van der Waals surface area contributed by atoms with E-state index in [1.165, 1.54) is 21.7 Å². The number of carbonyl (C=O) groups excluding carboxylic acids is 1. The molecule has 0 bridgehead atoms. The maximum Gasteiger partial charge on any atom is 0.164 e. The van der Waals surface area contributed by atoms with Crippen molar-refractivity contribution in [1.29, 1.82) is 0 Å². The molecule has 0 fully saturated rings. The van der Waals surface area contributed by atoms with Crippen LogP contribution in [0.2, 0.25) is 0 Å². The van der Waals surface area contributed by atoms with E-state index in [1.54, 1.807) is 35.3 Å². The zero-order valence-electron chi connectivity index (χ0n) is 28.8. The first-order valence-corrected chi connectivity index (χ1v) is 17.9. The van der Waals surface area contributed by atoms with Crippen LogP contribution in [0.4, 0.5) is 0 Å². The molecule has 4 aromatic heterocycles. The molecule has 1 radical (unpaired) electrons. The van der Waals surface area contributed by atoms with Crippen molar-refractivity contribution in [2.75, 3.05) is 0 Å². The van der Waals surface area contributed by atoms with Crippen LogP contribution < -0.4 is 0 Å². The van der Waals surface area contributed by atoms with Crippen molar-refractivity contribution in [2.45, 2.75) is 93.4 Å². The van der Waals surface area contributed by atoms with Gasteiger partial charge in [0.25, 0.3) is 0 Å². The SMILES string of the molecule is CC(C)(C)c1cc(-c2ncnc3sc4cc5occc5cc4c23)[c-]c2ccsc12.CCC(C)(CC)C(=O)/C=C(\O)C(C)(CC)CC.[Ir]. The summed E-state index contributed by atoms with van der Waals surface area (Å²) in [5.74, 6) is 0.286. The summed E-state index contributed by atoms with van der Waals surface area (Å²) in [4.78, 5) is 22.5. The molecule has 0 unspecified atom stereocenters. The van der Waals surface area contributed by atoms with E-state index in [-0.39, 0.29) is 47.9 Å². The maximum absolute atomic E-state index is 12.2. The number of aromatic nitrogens is 2. The van der Waals surface area contributed by atoms with Crippen LogP contribution in [-0.2, 0) is 30.3 Å². The summed E-state index contributed by atoms with van der Waals surface area (Å²) in [5, 5.41) is 16.8. The minimum atomic E-state index is -0.337. The van der Waals surface area contributed by atoms with Gasteiger partial charge in [-0.15, -0.1) is 34.9 Å². The van der Waals surface area contributed by atoms with E-state index in [0.29, 0.717) is 0 Å². The van der Waals surface area contributed by atoms with Crippen molar-refractivity contribution in [3.8, 4) is 11.3 Å². The first-order valence-electron chi connectivity index (χ1n) is 16.2. The molecule has 5 nitrogen and oxygen atoms in total. The van der Waals surface area contributed by atoms with Gasteiger partial charge in [-0.25, -0.2) is 4.98 Å². The Labute approximate surface area is 299 Å². The number of hydrogen-bond donors (Lipinski definition) is 1. The molecule has 4 heterocycles. The summed E-state index contributed by atoms with van der Waals surface area (Å²) in [7, 11) is 0. The molecule has 6 rings (SSSR count). The molecular weight excluding hydrogens is 801 g/mol. The van der Waals surface area contributed by atoms with E-state index >= 15 is 0 Å². The zero-order chi connectivity index (χ0) is 33.4. The van der Waals surface area contributed by atoms with Crippen molar-refractivity contribution in [3.05, 3.63) is 71.8 Å². The van der Waals surface area contributed by atoms with Gasteiger partial charge in [-0.1, -0.05) is 73.4 Å². The van der Waals surface area contributed by atoms with E-state index in [2.05, 4.69) is 61.5 Å². The fourth-order valence-corrected chi connectivity index (χ4v) is 7.78. The quantitative estimate of drug-likeness (QED) is 0.0938. The number of aliphatic hydroxyl groups excluding tert-OH is 1. The third-order valence-electron chi connectivity index (χ3n) is 9.98. The van der Waals surface area contributed by atoms with Crippen LogP contribution >= 0.6 is 22.7 Å². The predicted molar refractivity (Wildman–Crippen MR) is 196 cm³/mol. The number of thiophene rings is 2. The molecule has 0 spiro atoms. The molecule has 0 atom stereocenters. The molecule has 0 saturated carbocycles. The molecule has 6 aromatic rings. The molecule has 47 heavy (non-hydrogen) atoms. The van der Waals surface area contributed by atoms with E-state index in [0.717, 1.165) is 68.2 Å². The third kappa shape index (κ3) is 7.12. The van der Waals surface area contributed by atoms with Gasteiger partial charge in [0.1, 0.15) is 22.5 Å². The summed E-state index contributed by atoms with van der Waals surface area (Å²) in [6, 6.07) is 14.3. The Morgan fingerprint density at radius 1 is 0.957 bits per heavy atom. The van der Waals surface area contributed by atoms with E-state index in [1.807, 2.05) is 47.6 Å². The van der Waals surface area contributed by atoms with E-state index in [9.17, 15) is 9.90 Å². The van der Waals surface area contributed by atoms with Crippen molar-refractivity contribution >= 4 is 69.8 Å². The predicted octanol–water partition coefficient (Wildman–Crippen LogP) is 12.2. The third-order valence-corrected chi connectivity index (χ3v) is 12.0. The first kappa shape index (κ1) is 36.9. The van der Waals surface area contributed by atoms with Crippen LogP contribution in [0.5, 0.6) is 0 Å². The fraction of sp³-hybridized carbons (Fsp3) is 0.410. The van der Waals surface area contributed by atoms with Gasteiger partial charge in [0.05, 0.1) is 6.26 Å². The van der Waals surface area contributed by atoms with Crippen LogP contribution in [0.1, 0.15) is 93.6 Å². The Bertz CT molecular complexity index is 2050. The van der Waals surface area contributed by atoms with Gasteiger partial charge in [0.15, 0.2) is 5.78 Å².